The van der Waals surface area contributed by atoms with E-state index < -0.39 is 10.0 Å². The van der Waals surface area contributed by atoms with Crippen molar-refractivity contribution >= 4 is 32.7 Å². The van der Waals surface area contributed by atoms with Crippen molar-refractivity contribution in [2.45, 2.75) is 32.1 Å². The molecule has 3 aromatic rings. The molecule has 0 unspecified atom stereocenters. The van der Waals surface area contributed by atoms with Crippen molar-refractivity contribution in [1.29, 1.82) is 0 Å². The first-order valence-electron chi connectivity index (χ1n) is 10.2. The maximum absolute atomic E-state index is 13.1. The number of sulfonamides is 1. The number of benzene rings is 2. The predicted molar refractivity (Wildman–Crippen MR) is 118 cm³/mol. The molecule has 1 aromatic heterocycles. The van der Waals surface area contributed by atoms with Crippen LogP contribution in [0.15, 0.2) is 53.4 Å². The molecule has 1 aliphatic heterocycles. The Morgan fingerprint density at radius 3 is 2.43 bits per heavy atom. The Labute approximate surface area is 177 Å². The highest BCUT2D eigenvalue weighted by Gasteiger charge is 2.28. The van der Waals surface area contributed by atoms with Crippen LogP contribution in [0, 0.1) is 6.92 Å². The second-order valence-corrected chi connectivity index (χ2v) is 9.43. The number of carbonyl (C=O) groups excluding carboxylic acids is 1. The molecule has 1 amide bonds. The summed E-state index contributed by atoms with van der Waals surface area (Å²) in [4.78, 5) is 19.8. The summed E-state index contributed by atoms with van der Waals surface area (Å²) in [5, 5.41) is 1.07. The Morgan fingerprint density at radius 2 is 1.77 bits per heavy atom. The number of amides is 1. The lowest BCUT2D eigenvalue weighted by atomic mass is 10.1. The van der Waals surface area contributed by atoms with Gasteiger partial charge in [-0.3, -0.25) is 9.69 Å². The van der Waals surface area contributed by atoms with E-state index in [1.807, 2.05) is 26.8 Å². The van der Waals surface area contributed by atoms with Gasteiger partial charge in [0.1, 0.15) is 5.82 Å². The normalized spacial score (nSPS) is 13.8. The largest absolute Gasteiger partial charge is 0.292 e. The van der Waals surface area contributed by atoms with Crippen molar-refractivity contribution in [2.24, 2.45) is 0 Å². The van der Waals surface area contributed by atoms with Gasteiger partial charge in [0, 0.05) is 30.6 Å². The maximum atomic E-state index is 13.1. The van der Waals surface area contributed by atoms with Crippen molar-refractivity contribution < 1.29 is 13.2 Å². The minimum Gasteiger partial charge on any atom is -0.292 e. The molecule has 30 heavy (non-hydrogen) atoms. The van der Waals surface area contributed by atoms with Gasteiger partial charge in [0.05, 0.1) is 10.4 Å². The molecule has 156 valence electrons. The van der Waals surface area contributed by atoms with Gasteiger partial charge in [-0.1, -0.05) is 26.0 Å². The van der Waals surface area contributed by atoms with Crippen molar-refractivity contribution in [3.05, 3.63) is 65.2 Å². The Balaban J connectivity index is 1.64. The molecule has 0 bridgehead atoms. The van der Waals surface area contributed by atoms with Gasteiger partial charge in [-0.2, -0.15) is 4.31 Å². The van der Waals surface area contributed by atoms with E-state index in [-0.39, 0.29) is 10.8 Å². The Bertz CT molecular complexity index is 1220. The van der Waals surface area contributed by atoms with Crippen LogP contribution in [0.1, 0.15) is 35.3 Å². The van der Waals surface area contributed by atoms with Gasteiger partial charge < -0.3 is 0 Å². The maximum Gasteiger partial charge on any atom is 0.259 e. The Morgan fingerprint density at radius 1 is 1.07 bits per heavy atom. The zero-order valence-corrected chi connectivity index (χ0v) is 18.2. The Kier molecular flexibility index (Phi) is 5.34. The van der Waals surface area contributed by atoms with Crippen LogP contribution in [0.5, 0.6) is 0 Å². The van der Waals surface area contributed by atoms with E-state index in [4.69, 9.17) is 4.98 Å². The number of aryl methyl sites for hydroxylation is 1. The van der Waals surface area contributed by atoms with Gasteiger partial charge in [0.25, 0.3) is 5.91 Å². The van der Waals surface area contributed by atoms with Gasteiger partial charge in [0.2, 0.25) is 10.0 Å². The quantitative estimate of drug-likeness (QED) is 0.626. The highest BCUT2D eigenvalue weighted by Crippen LogP contribution is 2.31. The molecule has 0 atom stereocenters. The number of nitrogens with zero attached hydrogens (tertiary/aromatic N) is 3. The number of aromatic nitrogens is 1. The summed E-state index contributed by atoms with van der Waals surface area (Å²) >= 11 is 0. The first-order valence-corrected chi connectivity index (χ1v) is 11.6. The lowest BCUT2D eigenvalue weighted by Crippen LogP contribution is -2.31. The second-order valence-electron chi connectivity index (χ2n) is 7.49. The lowest BCUT2D eigenvalue weighted by Gasteiger charge is -2.19. The minimum absolute atomic E-state index is 0.167. The topological polar surface area (TPSA) is 70.6 Å². The summed E-state index contributed by atoms with van der Waals surface area (Å²) in [7, 11) is -3.54. The summed E-state index contributed by atoms with van der Waals surface area (Å²) in [6.07, 6.45) is 0.756. The molecule has 0 aliphatic carbocycles. The number of pyridine rings is 1. The minimum atomic E-state index is -3.54. The molecule has 0 fully saturated rings. The standard InChI is InChI=1S/C23H25N3O3S/c1-4-25(5-2)30(28,29)20-10-8-17(9-11-20)23(27)26-13-12-19-15-18-7-6-16(3)14-21(18)24-22(19)26/h6-11,14-15H,4-5,12-13H2,1-3H3. The zero-order chi connectivity index (χ0) is 21.5. The van der Waals surface area contributed by atoms with Crippen LogP contribution < -0.4 is 4.90 Å². The number of anilines is 1. The molecule has 7 heteroatoms. The third kappa shape index (κ3) is 3.48. The van der Waals surface area contributed by atoms with E-state index in [0.29, 0.717) is 31.0 Å². The first-order chi connectivity index (χ1) is 14.3. The third-order valence-electron chi connectivity index (χ3n) is 5.58. The van der Waals surface area contributed by atoms with E-state index in [1.54, 1.807) is 17.0 Å². The number of rotatable bonds is 5. The van der Waals surface area contributed by atoms with Crippen LogP contribution in [0.2, 0.25) is 0 Å². The fraction of sp³-hybridized carbons (Fsp3) is 0.304. The molecule has 0 saturated carbocycles. The molecule has 1 aliphatic rings. The van der Waals surface area contributed by atoms with Crippen molar-refractivity contribution in [1.82, 2.24) is 9.29 Å². The molecule has 0 spiro atoms. The van der Waals surface area contributed by atoms with Crippen LogP contribution in [-0.4, -0.2) is 43.2 Å². The average molecular weight is 424 g/mol. The summed E-state index contributed by atoms with van der Waals surface area (Å²) in [6.45, 7) is 7.01. The van der Waals surface area contributed by atoms with Crippen LogP contribution in [0.3, 0.4) is 0 Å². The first kappa shape index (κ1) is 20.5. The highest BCUT2D eigenvalue weighted by molar-refractivity contribution is 7.89. The average Bonchev–Trinajstić information content (AvgIpc) is 3.15. The molecular formula is C23H25N3O3S. The SMILES string of the molecule is CCN(CC)S(=O)(=O)c1ccc(C(=O)N2CCc3cc4ccc(C)cc4nc32)cc1. The Hall–Kier alpha value is -2.77. The van der Waals surface area contributed by atoms with Crippen molar-refractivity contribution in [3.63, 3.8) is 0 Å². The van der Waals surface area contributed by atoms with Gasteiger partial charge in [-0.15, -0.1) is 0 Å². The van der Waals surface area contributed by atoms with Crippen LogP contribution in [0.4, 0.5) is 5.82 Å². The molecule has 4 rings (SSSR count). The molecule has 6 nitrogen and oxygen atoms in total. The molecule has 2 aromatic carbocycles. The predicted octanol–water partition coefficient (Wildman–Crippen LogP) is 3.78. The van der Waals surface area contributed by atoms with Crippen LogP contribution >= 0.6 is 0 Å². The highest BCUT2D eigenvalue weighted by atomic mass is 32.2. The third-order valence-corrected chi connectivity index (χ3v) is 7.64. The molecule has 2 heterocycles. The summed E-state index contributed by atoms with van der Waals surface area (Å²) in [6, 6.07) is 14.4. The van der Waals surface area contributed by atoms with Gasteiger partial charge in [-0.25, -0.2) is 13.4 Å². The van der Waals surface area contributed by atoms with E-state index in [9.17, 15) is 13.2 Å². The van der Waals surface area contributed by atoms with Crippen LogP contribution in [0.25, 0.3) is 10.9 Å². The van der Waals surface area contributed by atoms with E-state index >= 15 is 0 Å². The zero-order valence-electron chi connectivity index (χ0n) is 17.4. The molecule has 0 radical (unpaired) electrons. The molecular weight excluding hydrogens is 398 g/mol. The smallest absolute Gasteiger partial charge is 0.259 e. The van der Waals surface area contributed by atoms with E-state index in [2.05, 4.69) is 18.2 Å². The molecule has 0 N–H and O–H groups in total. The van der Waals surface area contributed by atoms with Gasteiger partial charge >= 0.3 is 0 Å². The van der Waals surface area contributed by atoms with Crippen molar-refractivity contribution in [2.75, 3.05) is 24.5 Å². The number of hydrogen-bond donors (Lipinski definition) is 0. The monoisotopic (exact) mass is 423 g/mol. The van der Waals surface area contributed by atoms with E-state index in [0.717, 1.165) is 28.5 Å². The number of carbonyl (C=O) groups is 1. The van der Waals surface area contributed by atoms with Gasteiger partial charge in [-0.05, 0) is 60.9 Å². The fourth-order valence-corrected chi connectivity index (χ4v) is 5.36. The second kappa shape index (κ2) is 7.81. The lowest BCUT2D eigenvalue weighted by molar-refractivity contribution is 0.0988. The van der Waals surface area contributed by atoms with Crippen molar-refractivity contribution in [3.8, 4) is 0 Å². The van der Waals surface area contributed by atoms with Crippen LogP contribution in [-0.2, 0) is 16.4 Å². The number of hydrogen-bond acceptors (Lipinski definition) is 4. The molecule has 0 saturated heterocycles. The fourth-order valence-electron chi connectivity index (χ4n) is 3.90. The summed E-state index contributed by atoms with van der Waals surface area (Å²) in [5.74, 6) is 0.526. The summed E-state index contributed by atoms with van der Waals surface area (Å²) in [5.41, 5.74) is 3.50. The summed E-state index contributed by atoms with van der Waals surface area (Å²) < 4.78 is 26.7. The number of fused-ring (bicyclic) bond motifs is 2. The van der Waals surface area contributed by atoms with Gasteiger partial charge in [0.15, 0.2) is 0 Å². The van der Waals surface area contributed by atoms with E-state index in [1.165, 1.54) is 16.4 Å².